The number of hydrogen-bond acceptors (Lipinski definition) is 4. The SMILES string of the molecule is CC[C@@H](COC)n1cc(C)c2nc(-c3ccc(C(C)C)nc3NC)c(C)cc21. The number of nitrogens with one attached hydrogen (secondary N) is 1. The van der Waals surface area contributed by atoms with Crippen molar-refractivity contribution in [1.82, 2.24) is 14.5 Å². The van der Waals surface area contributed by atoms with Crippen molar-refractivity contribution in [3.8, 4) is 11.3 Å². The fourth-order valence-electron chi connectivity index (χ4n) is 3.76. The minimum absolute atomic E-state index is 0.313. The molecule has 150 valence electrons. The van der Waals surface area contributed by atoms with Crippen molar-refractivity contribution >= 4 is 16.9 Å². The van der Waals surface area contributed by atoms with Crippen LogP contribution in [0.4, 0.5) is 5.82 Å². The Morgan fingerprint density at radius 2 is 1.89 bits per heavy atom. The molecule has 0 spiro atoms. The summed E-state index contributed by atoms with van der Waals surface area (Å²) in [7, 11) is 3.68. The van der Waals surface area contributed by atoms with Gasteiger partial charge in [-0.15, -0.1) is 0 Å². The van der Waals surface area contributed by atoms with Gasteiger partial charge in [-0.1, -0.05) is 20.8 Å². The van der Waals surface area contributed by atoms with E-state index in [1.807, 2.05) is 7.05 Å². The third kappa shape index (κ3) is 3.63. The largest absolute Gasteiger partial charge is 0.383 e. The van der Waals surface area contributed by atoms with Crippen molar-refractivity contribution in [2.75, 3.05) is 26.1 Å². The molecule has 5 nitrogen and oxygen atoms in total. The maximum Gasteiger partial charge on any atom is 0.135 e. The molecule has 0 bridgehead atoms. The lowest BCUT2D eigenvalue weighted by molar-refractivity contribution is 0.155. The van der Waals surface area contributed by atoms with E-state index >= 15 is 0 Å². The lowest BCUT2D eigenvalue weighted by atomic mass is 10.0. The molecule has 0 aliphatic carbocycles. The number of fused-ring (bicyclic) bond motifs is 1. The van der Waals surface area contributed by atoms with E-state index < -0.39 is 0 Å². The first-order chi connectivity index (χ1) is 13.4. The molecule has 3 aromatic heterocycles. The number of aromatic nitrogens is 3. The lowest BCUT2D eigenvalue weighted by Gasteiger charge is -2.18. The first-order valence-electron chi connectivity index (χ1n) is 10.1. The van der Waals surface area contributed by atoms with E-state index in [0.717, 1.165) is 40.3 Å². The summed E-state index contributed by atoms with van der Waals surface area (Å²) >= 11 is 0. The number of rotatable bonds is 7. The Balaban J connectivity index is 2.17. The molecule has 1 N–H and O–H groups in total. The van der Waals surface area contributed by atoms with Crippen molar-refractivity contribution in [2.24, 2.45) is 0 Å². The van der Waals surface area contributed by atoms with Gasteiger partial charge in [0.15, 0.2) is 0 Å². The molecule has 0 aliphatic heterocycles. The third-order valence-corrected chi connectivity index (χ3v) is 5.40. The quantitative estimate of drug-likeness (QED) is 0.590. The van der Waals surface area contributed by atoms with Crippen LogP contribution in [0.3, 0.4) is 0 Å². The van der Waals surface area contributed by atoms with E-state index in [-0.39, 0.29) is 0 Å². The zero-order chi connectivity index (χ0) is 20.4. The van der Waals surface area contributed by atoms with Crippen LogP contribution in [-0.2, 0) is 4.74 Å². The number of anilines is 1. The van der Waals surface area contributed by atoms with Gasteiger partial charge in [0.1, 0.15) is 5.82 Å². The molecular weight excluding hydrogens is 348 g/mol. The van der Waals surface area contributed by atoms with E-state index in [0.29, 0.717) is 18.6 Å². The Hall–Kier alpha value is -2.40. The van der Waals surface area contributed by atoms with Crippen LogP contribution < -0.4 is 5.32 Å². The first kappa shape index (κ1) is 20.3. The molecule has 3 aromatic rings. The highest BCUT2D eigenvalue weighted by atomic mass is 16.5. The smallest absolute Gasteiger partial charge is 0.135 e. The van der Waals surface area contributed by atoms with Gasteiger partial charge in [-0.05, 0) is 55.5 Å². The highest BCUT2D eigenvalue weighted by molar-refractivity contribution is 5.86. The number of hydrogen-bond donors (Lipinski definition) is 1. The molecule has 28 heavy (non-hydrogen) atoms. The number of ether oxygens (including phenoxy) is 1. The van der Waals surface area contributed by atoms with Crippen molar-refractivity contribution in [3.63, 3.8) is 0 Å². The molecule has 3 heterocycles. The van der Waals surface area contributed by atoms with Crippen molar-refractivity contribution < 1.29 is 4.74 Å². The number of nitrogens with zero attached hydrogens (tertiary/aromatic N) is 3. The zero-order valence-electron chi connectivity index (χ0n) is 18.1. The Labute approximate surface area is 168 Å². The molecular formula is C23H32N4O. The summed E-state index contributed by atoms with van der Waals surface area (Å²) in [6.07, 6.45) is 3.22. The summed E-state index contributed by atoms with van der Waals surface area (Å²) in [6, 6.07) is 6.81. The van der Waals surface area contributed by atoms with Crippen LogP contribution in [0.5, 0.6) is 0 Å². The van der Waals surface area contributed by atoms with Gasteiger partial charge in [0.05, 0.1) is 29.4 Å². The Kier molecular flexibility index (Phi) is 6.04. The Morgan fingerprint density at radius 3 is 2.50 bits per heavy atom. The summed E-state index contributed by atoms with van der Waals surface area (Å²) in [4.78, 5) is 9.89. The second-order valence-electron chi connectivity index (χ2n) is 7.80. The van der Waals surface area contributed by atoms with Crippen LogP contribution in [-0.4, -0.2) is 35.3 Å². The molecule has 0 radical (unpaired) electrons. The van der Waals surface area contributed by atoms with Gasteiger partial charge >= 0.3 is 0 Å². The molecule has 0 saturated heterocycles. The van der Waals surface area contributed by atoms with Crippen molar-refractivity contribution in [1.29, 1.82) is 0 Å². The minimum Gasteiger partial charge on any atom is -0.383 e. The highest BCUT2D eigenvalue weighted by Gasteiger charge is 2.18. The van der Waals surface area contributed by atoms with Gasteiger partial charge < -0.3 is 14.6 Å². The van der Waals surface area contributed by atoms with E-state index in [1.165, 1.54) is 11.1 Å². The Bertz CT molecular complexity index is 974. The van der Waals surface area contributed by atoms with Gasteiger partial charge in [-0.25, -0.2) is 9.97 Å². The average Bonchev–Trinajstić information content (AvgIpc) is 3.00. The van der Waals surface area contributed by atoms with E-state index in [2.05, 4.69) is 68.9 Å². The molecule has 0 saturated carbocycles. The molecule has 0 fully saturated rings. The van der Waals surface area contributed by atoms with Crippen LogP contribution in [0.15, 0.2) is 24.4 Å². The minimum atomic E-state index is 0.313. The summed E-state index contributed by atoms with van der Waals surface area (Å²) < 4.78 is 7.75. The summed E-state index contributed by atoms with van der Waals surface area (Å²) in [5.74, 6) is 1.27. The summed E-state index contributed by atoms with van der Waals surface area (Å²) in [5, 5.41) is 3.26. The molecule has 0 aromatic carbocycles. The molecule has 1 atom stereocenters. The maximum atomic E-state index is 5.43. The second-order valence-corrected chi connectivity index (χ2v) is 7.80. The number of pyridine rings is 2. The average molecular weight is 381 g/mol. The summed E-state index contributed by atoms with van der Waals surface area (Å²) in [5.41, 5.74) is 7.66. The van der Waals surface area contributed by atoms with E-state index in [9.17, 15) is 0 Å². The fourth-order valence-corrected chi connectivity index (χ4v) is 3.76. The topological polar surface area (TPSA) is 52.0 Å². The predicted octanol–water partition coefficient (Wildman–Crippen LogP) is 5.48. The molecule has 0 aliphatic rings. The van der Waals surface area contributed by atoms with Gasteiger partial charge in [-0.3, -0.25) is 0 Å². The van der Waals surface area contributed by atoms with Crippen LogP contribution in [0.25, 0.3) is 22.3 Å². The van der Waals surface area contributed by atoms with Crippen LogP contribution in [0.2, 0.25) is 0 Å². The van der Waals surface area contributed by atoms with Crippen LogP contribution in [0.1, 0.15) is 56.0 Å². The van der Waals surface area contributed by atoms with E-state index in [1.54, 1.807) is 7.11 Å². The number of aryl methyl sites for hydroxylation is 2. The number of methoxy groups -OCH3 is 1. The second kappa shape index (κ2) is 8.31. The standard InChI is InChI=1S/C23H32N4O/c1-8-17(13-28-7)27-12-16(5)22-20(27)11-15(4)21(26-22)18-9-10-19(14(2)3)25-23(18)24-6/h9-12,14,17H,8,13H2,1-7H3,(H,24,25)/t17-/m0/s1. The highest BCUT2D eigenvalue weighted by Crippen LogP contribution is 2.33. The predicted molar refractivity (Wildman–Crippen MR) is 117 cm³/mol. The fraction of sp³-hybridized carbons (Fsp3) is 0.478. The van der Waals surface area contributed by atoms with Gasteiger partial charge in [0.25, 0.3) is 0 Å². The molecule has 0 amide bonds. The molecule has 5 heteroatoms. The van der Waals surface area contributed by atoms with Crippen molar-refractivity contribution in [2.45, 2.75) is 53.0 Å². The lowest BCUT2D eigenvalue weighted by Crippen LogP contribution is -2.13. The normalized spacial score (nSPS) is 12.7. The third-order valence-electron chi connectivity index (χ3n) is 5.40. The monoisotopic (exact) mass is 380 g/mol. The molecule has 3 rings (SSSR count). The molecule has 0 unspecified atom stereocenters. The first-order valence-corrected chi connectivity index (χ1v) is 10.1. The zero-order valence-corrected chi connectivity index (χ0v) is 18.1. The van der Waals surface area contributed by atoms with E-state index in [4.69, 9.17) is 14.7 Å². The van der Waals surface area contributed by atoms with Gasteiger partial charge in [-0.2, -0.15) is 0 Å². The van der Waals surface area contributed by atoms with Crippen LogP contribution in [0, 0.1) is 13.8 Å². The van der Waals surface area contributed by atoms with Gasteiger partial charge in [0, 0.05) is 31.6 Å². The van der Waals surface area contributed by atoms with Crippen molar-refractivity contribution in [3.05, 3.63) is 41.2 Å². The van der Waals surface area contributed by atoms with Crippen LogP contribution >= 0.6 is 0 Å². The van der Waals surface area contributed by atoms with Gasteiger partial charge in [0.2, 0.25) is 0 Å². The Morgan fingerprint density at radius 1 is 1.14 bits per heavy atom. The maximum absolute atomic E-state index is 5.43. The summed E-state index contributed by atoms with van der Waals surface area (Å²) in [6.45, 7) is 11.5.